The predicted molar refractivity (Wildman–Crippen MR) is 82.4 cm³/mol. The van der Waals surface area contributed by atoms with Crippen LogP contribution in [0.3, 0.4) is 0 Å². The topological polar surface area (TPSA) is 55.8 Å². The molecule has 22 heavy (non-hydrogen) atoms. The molecule has 4 heteroatoms. The number of ether oxygens (including phenoxy) is 2. The summed E-state index contributed by atoms with van der Waals surface area (Å²) in [6.45, 7) is 2.11. The summed E-state index contributed by atoms with van der Waals surface area (Å²) in [5.41, 5.74) is 2.44. The Morgan fingerprint density at radius 3 is 2.73 bits per heavy atom. The van der Waals surface area contributed by atoms with Gasteiger partial charge in [-0.3, -0.25) is 4.79 Å². The molecule has 0 spiro atoms. The van der Waals surface area contributed by atoms with E-state index in [0.717, 1.165) is 19.3 Å². The van der Waals surface area contributed by atoms with E-state index in [-0.39, 0.29) is 18.7 Å². The first-order valence-corrected chi connectivity index (χ1v) is 8.15. The Balaban J connectivity index is 1.69. The van der Waals surface area contributed by atoms with E-state index in [1.54, 1.807) is 0 Å². The normalized spacial score (nSPS) is 29.7. The van der Waals surface area contributed by atoms with Crippen LogP contribution in [0.4, 0.5) is 0 Å². The Morgan fingerprint density at radius 1 is 1.27 bits per heavy atom. The summed E-state index contributed by atoms with van der Waals surface area (Å²) >= 11 is 0. The number of esters is 1. The molecule has 2 saturated heterocycles. The van der Waals surface area contributed by atoms with Crippen LogP contribution in [0.2, 0.25) is 0 Å². The van der Waals surface area contributed by atoms with Crippen LogP contribution < -0.4 is 0 Å². The van der Waals surface area contributed by atoms with Gasteiger partial charge in [-0.05, 0) is 42.7 Å². The Morgan fingerprint density at radius 2 is 2.00 bits per heavy atom. The van der Waals surface area contributed by atoms with Gasteiger partial charge in [0.05, 0.1) is 18.8 Å². The SMILES string of the molecule is CC(=O)OC[C@H]1[C@@H](Cc2cccc(CCO)c2)[C@@H]2CC[C@H]1O2. The van der Waals surface area contributed by atoms with Gasteiger partial charge in [-0.2, -0.15) is 0 Å². The van der Waals surface area contributed by atoms with Crippen LogP contribution >= 0.6 is 0 Å². The zero-order chi connectivity index (χ0) is 15.5. The third-order valence-electron chi connectivity index (χ3n) is 4.93. The summed E-state index contributed by atoms with van der Waals surface area (Å²) in [6, 6.07) is 8.41. The van der Waals surface area contributed by atoms with Crippen LogP contribution in [0.5, 0.6) is 0 Å². The van der Waals surface area contributed by atoms with E-state index in [9.17, 15) is 4.79 Å². The molecule has 1 aromatic rings. The summed E-state index contributed by atoms with van der Waals surface area (Å²) < 4.78 is 11.3. The van der Waals surface area contributed by atoms with Gasteiger partial charge in [0.15, 0.2) is 0 Å². The first-order valence-electron chi connectivity index (χ1n) is 8.15. The highest BCUT2D eigenvalue weighted by Gasteiger charge is 2.48. The van der Waals surface area contributed by atoms with Crippen molar-refractivity contribution in [3.63, 3.8) is 0 Å². The van der Waals surface area contributed by atoms with Crippen molar-refractivity contribution in [2.75, 3.05) is 13.2 Å². The maximum Gasteiger partial charge on any atom is 0.302 e. The second-order valence-electron chi connectivity index (χ2n) is 6.42. The van der Waals surface area contributed by atoms with Gasteiger partial charge >= 0.3 is 5.97 Å². The standard InChI is InChI=1S/C18H24O4/c1-12(20)21-11-16-15(17-5-6-18(16)22-17)10-14-4-2-3-13(9-14)7-8-19/h2-4,9,15-19H,5-8,10-11H2,1H3/t15-,16+,17+,18-/m1/s1. The molecule has 1 aromatic carbocycles. The van der Waals surface area contributed by atoms with Gasteiger partial charge in [-0.15, -0.1) is 0 Å². The lowest BCUT2D eigenvalue weighted by Gasteiger charge is -2.27. The molecule has 0 saturated carbocycles. The number of fused-ring (bicyclic) bond motifs is 2. The summed E-state index contributed by atoms with van der Waals surface area (Å²) in [6.07, 6.45) is 4.38. The minimum Gasteiger partial charge on any atom is -0.465 e. The number of rotatable bonds is 6. The maximum absolute atomic E-state index is 11.1. The van der Waals surface area contributed by atoms with Gasteiger partial charge in [-0.25, -0.2) is 0 Å². The third kappa shape index (κ3) is 3.33. The Bertz CT molecular complexity index is 528. The van der Waals surface area contributed by atoms with Crippen LogP contribution in [-0.2, 0) is 27.1 Å². The average Bonchev–Trinajstić information content (AvgIpc) is 3.07. The fraction of sp³-hybridized carbons (Fsp3) is 0.611. The van der Waals surface area contributed by atoms with Crippen molar-refractivity contribution in [3.8, 4) is 0 Å². The Labute approximate surface area is 131 Å². The molecular formula is C18H24O4. The van der Waals surface area contributed by atoms with Crippen molar-refractivity contribution in [1.29, 1.82) is 0 Å². The number of hydrogen-bond donors (Lipinski definition) is 1. The molecule has 2 aliphatic heterocycles. The van der Waals surface area contributed by atoms with Gasteiger partial charge in [0, 0.05) is 19.4 Å². The van der Waals surface area contributed by atoms with E-state index in [4.69, 9.17) is 14.6 Å². The second-order valence-corrected chi connectivity index (χ2v) is 6.42. The highest BCUT2D eigenvalue weighted by atomic mass is 16.5. The molecule has 1 N–H and O–H groups in total. The van der Waals surface area contributed by atoms with Gasteiger partial charge in [0.25, 0.3) is 0 Å². The maximum atomic E-state index is 11.1. The van der Waals surface area contributed by atoms with Crippen molar-refractivity contribution in [2.24, 2.45) is 11.8 Å². The van der Waals surface area contributed by atoms with Gasteiger partial charge in [0.2, 0.25) is 0 Å². The molecule has 2 heterocycles. The van der Waals surface area contributed by atoms with Crippen molar-refractivity contribution >= 4 is 5.97 Å². The van der Waals surface area contributed by atoms with Crippen LogP contribution in [0.15, 0.2) is 24.3 Å². The lowest BCUT2D eigenvalue weighted by molar-refractivity contribution is -0.143. The quantitative estimate of drug-likeness (QED) is 0.818. The zero-order valence-electron chi connectivity index (χ0n) is 13.0. The fourth-order valence-electron chi connectivity index (χ4n) is 3.91. The Kier molecular flexibility index (Phi) is 4.79. The minimum absolute atomic E-state index is 0.176. The van der Waals surface area contributed by atoms with Crippen LogP contribution in [0.25, 0.3) is 0 Å². The van der Waals surface area contributed by atoms with Crippen molar-refractivity contribution in [1.82, 2.24) is 0 Å². The number of aliphatic hydroxyl groups excluding tert-OH is 1. The molecule has 120 valence electrons. The summed E-state index contributed by atoms with van der Waals surface area (Å²) in [5.74, 6) is 0.512. The molecule has 0 radical (unpaired) electrons. The van der Waals surface area contributed by atoms with Crippen molar-refractivity contribution < 1.29 is 19.4 Å². The highest BCUT2D eigenvalue weighted by molar-refractivity contribution is 5.65. The largest absolute Gasteiger partial charge is 0.465 e. The van der Waals surface area contributed by atoms with E-state index in [2.05, 4.69) is 18.2 Å². The molecule has 3 rings (SSSR count). The molecule has 2 fully saturated rings. The number of hydrogen-bond acceptors (Lipinski definition) is 4. The summed E-state index contributed by atoms with van der Waals surface area (Å²) in [5, 5.41) is 9.08. The van der Waals surface area contributed by atoms with E-state index < -0.39 is 0 Å². The van der Waals surface area contributed by atoms with E-state index in [1.165, 1.54) is 18.1 Å². The second kappa shape index (κ2) is 6.80. The van der Waals surface area contributed by atoms with Gasteiger partial charge in [-0.1, -0.05) is 24.3 Å². The average molecular weight is 304 g/mol. The number of carbonyl (C=O) groups excluding carboxylic acids is 1. The molecule has 0 aromatic heterocycles. The molecular weight excluding hydrogens is 280 g/mol. The van der Waals surface area contributed by atoms with Crippen LogP contribution in [-0.4, -0.2) is 36.5 Å². The van der Waals surface area contributed by atoms with Crippen molar-refractivity contribution in [2.45, 2.75) is 44.8 Å². The number of aliphatic hydroxyl groups is 1. The van der Waals surface area contributed by atoms with E-state index in [0.29, 0.717) is 31.0 Å². The van der Waals surface area contributed by atoms with Crippen LogP contribution in [0.1, 0.15) is 30.9 Å². The summed E-state index contributed by atoms with van der Waals surface area (Å²) in [4.78, 5) is 11.1. The molecule has 4 nitrogen and oxygen atoms in total. The van der Waals surface area contributed by atoms with Gasteiger partial charge < -0.3 is 14.6 Å². The van der Waals surface area contributed by atoms with Crippen molar-refractivity contribution in [3.05, 3.63) is 35.4 Å². The third-order valence-corrected chi connectivity index (χ3v) is 4.93. The highest BCUT2D eigenvalue weighted by Crippen LogP contribution is 2.45. The zero-order valence-corrected chi connectivity index (χ0v) is 13.0. The molecule has 0 aliphatic carbocycles. The van der Waals surface area contributed by atoms with E-state index in [1.807, 2.05) is 6.07 Å². The number of carbonyl (C=O) groups is 1. The molecule has 4 atom stereocenters. The molecule has 2 bridgehead atoms. The van der Waals surface area contributed by atoms with Crippen LogP contribution in [0, 0.1) is 11.8 Å². The Hall–Kier alpha value is -1.39. The van der Waals surface area contributed by atoms with Gasteiger partial charge in [0.1, 0.15) is 0 Å². The summed E-state index contributed by atoms with van der Waals surface area (Å²) in [7, 11) is 0. The fourth-order valence-corrected chi connectivity index (χ4v) is 3.91. The molecule has 0 amide bonds. The first-order chi connectivity index (χ1) is 10.7. The molecule has 2 aliphatic rings. The lowest BCUT2D eigenvalue weighted by atomic mass is 9.76. The molecule has 0 unspecified atom stereocenters. The smallest absolute Gasteiger partial charge is 0.302 e. The predicted octanol–water partition coefficient (Wildman–Crippen LogP) is 2.12. The first kappa shape index (κ1) is 15.5. The lowest BCUT2D eigenvalue weighted by Crippen LogP contribution is -2.32. The minimum atomic E-state index is -0.216. The number of benzene rings is 1. The monoisotopic (exact) mass is 304 g/mol. The van der Waals surface area contributed by atoms with E-state index >= 15 is 0 Å².